The van der Waals surface area contributed by atoms with Crippen molar-refractivity contribution in [1.29, 1.82) is 0 Å². The number of carboxylic acid groups (broad SMARTS) is 1. The number of ether oxygens (including phenoxy) is 2. The minimum absolute atomic E-state index is 0.162. The molecular formula is C18H21FN2O7. The molecule has 0 aliphatic carbocycles. The van der Waals surface area contributed by atoms with Crippen LogP contribution in [0.4, 0.5) is 14.9 Å². The molecule has 1 aliphatic heterocycles. The molecule has 0 spiro atoms. The van der Waals surface area contributed by atoms with E-state index in [9.17, 15) is 29.2 Å². The van der Waals surface area contributed by atoms with Crippen molar-refractivity contribution in [2.45, 2.75) is 38.5 Å². The Balaban J connectivity index is 2.22. The molecule has 1 aromatic rings. The largest absolute Gasteiger partial charge is 0.480 e. The quantitative estimate of drug-likeness (QED) is 0.614. The van der Waals surface area contributed by atoms with Crippen LogP contribution in [-0.4, -0.2) is 57.9 Å². The molecule has 0 saturated carbocycles. The fourth-order valence-electron chi connectivity index (χ4n) is 2.58. The molecule has 9 nitrogen and oxygen atoms in total. The average molecular weight is 396 g/mol. The zero-order valence-electron chi connectivity index (χ0n) is 15.6. The molecule has 1 amide bonds. The van der Waals surface area contributed by atoms with Crippen LogP contribution in [0, 0.1) is 15.9 Å². The van der Waals surface area contributed by atoms with Crippen LogP contribution in [0.25, 0.3) is 6.08 Å². The Morgan fingerprint density at radius 3 is 2.68 bits per heavy atom. The first-order valence-corrected chi connectivity index (χ1v) is 8.44. The Kier molecular flexibility index (Phi) is 6.34. The number of carbonyl (C=O) groups excluding carboxylic acids is 1. The SMILES string of the molecule is CC(C)(C)OC(=O)N1C[C@@H](C=Cc2c(F)cccc2[N+](=O)[O-])OC[C@H]1C(=O)O. The molecule has 1 N–H and O–H groups in total. The third-order valence-corrected chi connectivity index (χ3v) is 3.84. The van der Waals surface area contributed by atoms with E-state index in [-0.39, 0.29) is 18.7 Å². The van der Waals surface area contributed by atoms with E-state index in [1.807, 2.05) is 0 Å². The Morgan fingerprint density at radius 1 is 1.43 bits per heavy atom. The van der Waals surface area contributed by atoms with Gasteiger partial charge in [-0.2, -0.15) is 0 Å². The van der Waals surface area contributed by atoms with Gasteiger partial charge in [-0.15, -0.1) is 0 Å². The number of morpholine rings is 1. The topological polar surface area (TPSA) is 119 Å². The maximum Gasteiger partial charge on any atom is 0.411 e. The van der Waals surface area contributed by atoms with Crippen LogP contribution < -0.4 is 0 Å². The third-order valence-electron chi connectivity index (χ3n) is 3.84. The number of nitrogens with zero attached hydrogens (tertiary/aromatic N) is 2. The van der Waals surface area contributed by atoms with E-state index in [1.165, 1.54) is 18.2 Å². The van der Waals surface area contributed by atoms with E-state index in [1.54, 1.807) is 20.8 Å². The monoisotopic (exact) mass is 396 g/mol. The van der Waals surface area contributed by atoms with Crippen LogP contribution >= 0.6 is 0 Å². The maximum atomic E-state index is 14.0. The van der Waals surface area contributed by atoms with Crippen LogP contribution in [0.5, 0.6) is 0 Å². The number of carboxylic acids is 1. The van der Waals surface area contributed by atoms with Gasteiger partial charge in [-0.25, -0.2) is 14.0 Å². The highest BCUT2D eigenvalue weighted by atomic mass is 19.1. The summed E-state index contributed by atoms with van der Waals surface area (Å²) in [5.74, 6) is -2.04. The Hall–Kier alpha value is -3.01. The molecule has 1 aromatic carbocycles. The molecule has 2 rings (SSSR count). The first-order chi connectivity index (χ1) is 13.0. The zero-order chi connectivity index (χ0) is 21.1. The number of amides is 1. The van der Waals surface area contributed by atoms with Crippen LogP contribution in [0.1, 0.15) is 26.3 Å². The molecule has 0 radical (unpaired) electrons. The summed E-state index contributed by atoms with van der Waals surface area (Å²) in [7, 11) is 0. The van der Waals surface area contributed by atoms with Crippen LogP contribution in [0.2, 0.25) is 0 Å². The lowest BCUT2D eigenvalue weighted by Gasteiger charge is -2.37. The highest BCUT2D eigenvalue weighted by molar-refractivity contribution is 5.80. The third kappa shape index (κ3) is 5.26. The number of rotatable bonds is 4. The zero-order valence-corrected chi connectivity index (χ0v) is 15.6. The van der Waals surface area contributed by atoms with Gasteiger partial charge in [0.15, 0.2) is 6.04 Å². The van der Waals surface area contributed by atoms with Crippen LogP contribution in [0.3, 0.4) is 0 Å². The summed E-state index contributed by atoms with van der Waals surface area (Å²) in [4.78, 5) is 35.1. The van der Waals surface area contributed by atoms with Gasteiger partial charge in [0.05, 0.1) is 29.7 Å². The smallest absolute Gasteiger partial charge is 0.411 e. The standard InChI is InChI=1S/C18H21FN2O7/c1-18(2,3)28-17(24)20-9-11(27-10-15(20)16(22)23)7-8-12-13(19)5-4-6-14(12)21(25)26/h4-8,11,15H,9-10H2,1-3H3,(H,22,23)/t11-,15+/m1/s1. The van der Waals surface area contributed by atoms with Gasteiger partial charge in [0.25, 0.3) is 5.69 Å². The average Bonchev–Trinajstić information content (AvgIpc) is 2.58. The van der Waals surface area contributed by atoms with Crippen molar-refractivity contribution in [2.75, 3.05) is 13.2 Å². The molecule has 152 valence electrons. The van der Waals surface area contributed by atoms with Gasteiger partial charge < -0.3 is 14.6 Å². The summed E-state index contributed by atoms with van der Waals surface area (Å²) >= 11 is 0. The second-order valence-electron chi connectivity index (χ2n) is 7.15. The molecule has 1 fully saturated rings. The molecule has 1 heterocycles. The first-order valence-electron chi connectivity index (χ1n) is 8.44. The second kappa shape index (κ2) is 8.34. The summed E-state index contributed by atoms with van der Waals surface area (Å²) < 4.78 is 24.6. The minimum atomic E-state index is -1.25. The van der Waals surface area contributed by atoms with E-state index in [2.05, 4.69) is 0 Å². The Morgan fingerprint density at radius 2 is 2.11 bits per heavy atom. The molecule has 28 heavy (non-hydrogen) atoms. The van der Waals surface area contributed by atoms with Gasteiger partial charge in [0.1, 0.15) is 11.4 Å². The van der Waals surface area contributed by atoms with Crippen molar-refractivity contribution in [3.63, 3.8) is 0 Å². The predicted octanol–water partition coefficient (Wildman–Crippen LogP) is 2.84. The van der Waals surface area contributed by atoms with Gasteiger partial charge in [0, 0.05) is 6.07 Å². The summed E-state index contributed by atoms with van der Waals surface area (Å²) in [5, 5.41) is 20.4. The van der Waals surface area contributed by atoms with E-state index >= 15 is 0 Å². The van der Waals surface area contributed by atoms with Crippen molar-refractivity contribution in [1.82, 2.24) is 4.90 Å². The fourth-order valence-corrected chi connectivity index (χ4v) is 2.58. The Labute approximate surface area is 160 Å². The second-order valence-corrected chi connectivity index (χ2v) is 7.15. The van der Waals surface area contributed by atoms with E-state index in [4.69, 9.17) is 9.47 Å². The number of nitro benzene ring substituents is 1. The summed E-state index contributed by atoms with van der Waals surface area (Å²) in [5.41, 5.74) is -1.47. The number of aliphatic carboxylic acids is 1. The lowest BCUT2D eigenvalue weighted by molar-refractivity contribution is -0.385. The maximum absolute atomic E-state index is 14.0. The number of benzene rings is 1. The first kappa shape index (κ1) is 21.3. The molecule has 10 heteroatoms. The molecule has 1 saturated heterocycles. The van der Waals surface area contributed by atoms with Crippen LogP contribution in [-0.2, 0) is 14.3 Å². The van der Waals surface area contributed by atoms with E-state index in [0.717, 1.165) is 17.0 Å². The lowest BCUT2D eigenvalue weighted by Crippen LogP contribution is -2.56. The number of hydrogen-bond donors (Lipinski definition) is 1. The predicted molar refractivity (Wildman–Crippen MR) is 96.2 cm³/mol. The molecule has 2 atom stereocenters. The number of hydrogen-bond acceptors (Lipinski definition) is 6. The van der Waals surface area contributed by atoms with Crippen molar-refractivity contribution in [2.24, 2.45) is 0 Å². The molecule has 0 bridgehead atoms. The Bertz CT molecular complexity index is 804. The van der Waals surface area contributed by atoms with Gasteiger partial charge in [0.2, 0.25) is 0 Å². The number of halogens is 1. The lowest BCUT2D eigenvalue weighted by atomic mass is 10.1. The number of nitro groups is 1. The molecule has 1 aliphatic rings. The summed E-state index contributed by atoms with van der Waals surface area (Å²) in [6.45, 7) is 4.48. The minimum Gasteiger partial charge on any atom is -0.480 e. The molecule has 0 unspecified atom stereocenters. The van der Waals surface area contributed by atoms with E-state index in [0.29, 0.717) is 0 Å². The summed E-state index contributed by atoms with van der Waals surface area (Å²) in [6, 6.07) is 2.24. The van der Waals surface area contributed by atoms with Gasteiger partial charge >= 0.3 is 12.1 Å². The number of carbonyl (C=O) groups is 2. The highest BCUT2D eigenvalue weighted by Gasteiger charge is 2.38. The summed E-state index contributed by atoms with van der Waals surface area (Å²) in [6.07, 6.45) is 0.925. The van der Waals surface area contributed by atoms with Gasteiger partial charge in [-0.3, -0.25) is 15.0 Å². The fraction of sp³-hybridized carbons (Fsp3) is 0.444. The van der Waals surface area contributed by atoms with Crippen LogP contribution in [0.15, 0.2) is 24.3 Å². The molecular weight excluding hydrogens is 375 g/mol. The van der Waals surface area contributed by atoms with Gasteiger partial charge in [-0.1, -0.05) is 12.1 Å². The van der Waals surface area contributed by atoms with Gasteiger partial charge in [-0.05, 0) is 32.9 Å². The van der Waals surface area contributed by atoms with E-state index < -0.39 is 46.2 Å². The highest BCUT2D eigenvalue weighted by Crippen LogP contribution is 2.24. The van der Waals surface area contributed by atoms with Crippen molar-refractivity contribution >= 4 is 23.8 Å². The van der Waals surface area contributed by atoms with Crippen molar-refractivity contribution < 1.29 is 33.5 Å². The van der Waals surface area contributed by atoms with Crippen molar-refractivity contribution in [3.8, 4) is 0 Å². The van der Waals surface area contributed by atoms with Crippen molar-refractivity contribution in [3.05, 3.63) is 45.8 Å². The molecule has 0 aromatic heterocycles. The normalized spacial score (nSPS) is 20.2.